The lowest BCUT2D eigenvalue weighted by Gasteiger charge is -2.04. The zero-order valence-electron chi connectivity index (χ0n) is 6.56. The molecule has 4 nitrogen and oxygen atoms in total. The molecule has 1 rings (SSSR count). The number of rotatable bonds is 3. The van der Waals surface area contributed by atoms with E-state index in [9.17, 15) is 9.90 Å². The van der Waals surface area contributed by atoms with Crippen molar-refractivity contribution in [2.45, 2.75) is 12.5 Å². The van der Waals surface area contributed by atoms with Crippen molar-refractivity contribution in [2.75, 3.05) is 7.11 Å². The number of ether oxygens (including phenoxy) is 1. The van der Waals surface area contributed by atoms with Crippen LogP contribution in [0.5, 0.6) is 0 Å². The molecule has 1 aromatic heterocycles. The maximum Gasteiger partial charge on any atom is 0.308 e. The van der Waals surface area contributed by atoms with E-state index in [1.807, 2.05) is 0 Å². The zero-order valence-corrected chi connectivity index (χ0v) is 7.37. The first-order chi connectivity index (χ1) is 5.74. The topological polar surface area (TPSA) is 59.4 Å². The van der Waals surface area contributed by atoms with Crippen molar-refractivity contribution in [1.29, 1.82) is 0 Å². The molecule has 0 fully saturated rings. The van der Waals surface area contributed by atoms with Gasteiger partial charge in [0.25, 0.3) is 0 Å². The van der Waals surface area contributed by atoms with Gasteiger partial charge >= 0.3 is 5.97 Å². The number of carbonyl (C=O) groups excluding carboxylic acids is 1. The number of aliphatic hydroxyl groups excluding tert-OH is 1. The fourth-order valence-corrected chi connectivity index (χ4v) is 1.34. The van der Waals surface area contributed by atoms with Gasteiger partial charge in [0.15, 0.2) is 0 Å². The Kier molecular flexibility index (Phi) is 3.19. The van der Waals surface area contributed by atoms with Gasteiger partial charge in [-0.1, -0.05) is 0 Å². The molecule has 1 aromatic rings. The second kappa shape index (κ2) is 4.18. The summed E-state index contributed by atoms with van der Waals surface area (Å²) in [6, 6.07) is 0. The SMILES string of the molecule is COC(=O)C[C@@H](O)c1cncs1. The summed E-state index contributed by atoms with van der Waals surface area (Å²) in [5, 5.41) is 9.38. The normalized spacial score (nSPS) is 12.5. The predicted molar refractivity (Wildman–Crippen MR) is 43.7 cm³/mol. The van der Waals surface area contributed by atoms with Crippen LogP contribution >= 0.6 is 11.3 Å². The summed E-state index contributed by atoms with van der Waals surface area (Å²) >= 11 is 1.31. The minimum Gasteiger partial charge on any atom is -0.469 e. The van der Waals surface area contributed by atoms with Crippen LogP contribution in [-0.2, 0) is 9.53 Å². The highest BCUT2D eigenvalue weighted by atomic mass is 32.1. The molecular weight excluding hydrogens is 178 g/mol. The van der Waals surface area contributed by atoms with Crippen LogP contribution < -0.4 is 0 Å². The molecule has 0 saturated heterocycles. The van der Waals surface area contributed by atoms with Gasteiger partial charge in [0.05, 0.1) is 23.9 Å². The molecule has 66 valence electrons. The molecule has 0 aliphatic carbocycles. The number of hydrogen-bond acceptors (Lipinski definition) is 5. The number of esters is 1. The van der Waals surface area contributed by atoms with Crippen molar-refractivity contribution in [3.05, 3.63) is 16.6 Å². The third kappa shape index (κ3) is 2.28. The second-order valence-electron chi connectivity index (χ2n) is 2.20. The van der Waals surface area contributed by atoms with Gasteiger partial charge in [-0.05, 0) is 0 Å². The summed E-state index contributed by atoms with van der Waals surface area (Å²) < 4.78 is 4.40. The Hall–Kier alpha value is -0.940. The molecule has 0 saturated carbocycles. The van der Waals surface area contributed by atoms with E-state index in [4.69, 9.17) is 0 Å². The number of aliphatic hydroxyl groups is 1. The molecule has 0 bridgehead atoms. The van der Waals surface area contributed by atoms with E-state index < -0.39 is 12.1 Å². The van der Waals surface area contributed by atoms with E-state index in [0.717, 1.165) is 0 Å². The Morgan fingerprint density at radius 1 is 1.92 bits per heavy atom. The lowest BCUT2D eigenvalue weighted by Crippen LogP contribution is -2.06. The van der Waals surface area contributed by atoms with Gasteiger partial charge in [0.2, 0.25) is 0 Å². The molecule has 0 aromatic carbocycles. The van der Waals surface area contributed by atoms with Crippen LogP contribution in [0.15, 0.2) is 11.7 Å². The Labute approximate surface area is 73.8 Å². The van der Waals surface area contributed by atoms with Crippen LogP contribution in [0.1, 0.15) is 17.4 Å². The molecule has 0 amide bonds. The number of thiazole rings is 1. The van der Waals surface area contributed by atoms with Gasteiger partial charge in [-0.25, -0.2) is 0 Å². The van der Waals surface area contributed by atoms with E-state index in [1.54, 1.807) is 5.51 Å². The molecule has 1 N–H and O–H groups in total. The molecular formula is C7H9NO3S. The van der Waals surface area contributed by atoms with Crippen LogP contribution in [-0.4, -0.2) is 23.2 Å². The summed E-state index contributed by atoms with van der Waals surface area (Å²) in [7, 11) is 1.29. The second-order valence-corrected chi connectivity index (χ2v) is 3.12. The molecule has 12 heavy (non-hydrogen) atoms. The molecule has 0 radical (unpaired) electrons. The summed E-state index contributed by atoms with van der Waals surface area (Å²) in [6.07, 6.45) is 0.738. The Morgan fingerprint density at radius 3 is 3.17 bits per heavy atom. The smallest absolute Gasteiger partial charge is 0.308 e. The molecule has 0 aliphatic rings. The maximum atomic E-state index is 10.7. The monoisotopic (exact) mass is 187 g/mol. The Balaban J connectivity index is 2.49. The van der Waals surface area contributed by atoms with Gasteiger partial charge in [-0.2, -0.15) is 0 Å². The zero-order chi connectivity index (χ0) is 8.97. The van der Waals surface area contributed by atoms with Gasteiger partial charge < -0.3 is 9.84 Å². The highest BCUT2D eigenvalue weighted by Crippen LogP contribution is 2.19. The first-order valence-corrected chi connectivity index (χ1v) is 4.25. The fraction of sp³-hybridized carbons (Fsp3) is 0.429. The van der Waals surface area contributed by atoms with E-state index in [0.29, 0.717) is 4.88 Å². The summed E-state index contributed by atoms with van der Waals surface area (Å²) in [4.78, 5) is 15.2. The van der Waals surface area contributed by atoms with E-state index in [1.165, 1.54) is 24.6 Å². The minimum atomic E-state index is -0.787. The number of methoxy groups -OCH3 is 1. The summed E-state index contributed by atoms with van der Waals surface area (Å²) in [5.74, 6) is -0.420. The number of nitrogens with zero attached hydrogens (tertiary/aromatic N) is 1. The van der Waals surface area contributed by atoms with Crippen molar-refractivity contribution in [3.63, 3.8) is 0 Å². The van der Waals surface area contributed by atoms with E-state index >= 15 is 0 Å². The molecule has 1 heterocycles. The fourth-order valence-electron chi connectivity index (χ4n) is 0.732. The lowest BCUT2D eigenvalue weighted by molar-refractivity contribution is -0.142. The average molecular weight is 187 g/mol. The van der Waals surface area contributed by atoms with Crippen LogP contribution in [0.3, 0.4) is 0 Å². The molecule has 0 aliphatic heterocycles. The first kappa shape index (κ1) is 9.15. The minimum absolute atomic E-state index is 0.0152. The quantitative estimate of drug-likeness (QED) is 0.709. The molecule has 1 atom stereocenters. The Bertz CT molecular complexity index is 247. The van der Waals surface area contributed by atoms with E-state index in [-0.39, 0.29) is 6.42 Å². The number of hydrogen-bond donors (Lipinski definition) is 1. The van der Waals surface area contributed by atoms with Crippen LogP contribution in [0.4, 0.5) is 0 Å². The average Bonchev–Trinajstić information content (AvgIpc) is 2.56. The van der Waals surface area contributed by atoms with Gasteiger partial charge in [-0.3, -0.25) is 9.78 Å². The third-order valence-electron chi connectivity index (χ3n) is 1.37. The molecule has 0 spiro atoms. The van der Waals surface area contributed by atoms with Gasteiger partial charge in [0.1, 0.15) is 6.10 Å². The van der Waals surface area contributed by atoms with Crippen molar-refractivity contribution in [1.82, 2.24) is 4.98 Å². The van der Waals surface area contributed by atoms with Crippen molar-refractivity contribution >= 4 is 17.3 Å². The lowest BCUT2D eigenvalue weighted by atomic mass is 10.2. The highest BCUT2D eigenvalue weighted by Gasteiger charge is 2.13. The Morgan fingerprint density at radius 2 is 2.67 bits per heavy atom. The van der Waals surface area contributed by atoms with Crippen LogP contribution in [0, 0.1) is 0 Å². The molecule has 5 heteroatoms. The van der Waals surface area contributed by atoms with Crippen LogP contribution in [0.25, 0.3) is 0 Å². The highest BCUT2D eigenvalue weighted by molar-refractivity contribution is 7.09. The predicted octanol–water partition coefficient (Wildman–Crippen LogP) is 0.740. The molecule has 0 unspecified atom stereocenters. The largest absolute Gasteiger partial charge is 0.469 e. The van der Waals surface area contributed by atoms with Gasteiger partial charge in [0, 0.05) is 6.20 Å². The van der Waals surface area contributed by atoms with Crippen molar-refractivity contribution in [3.8, 4) is 0 Å². The number of aromatic nitrogens is 1. The summed E-state index contributed by atoms with van der Waals surface area (Å²) in [6.45, 7) is 0. The van der Waals surface area contributed by atoms with Crippen LogP contribution in [0.2, 0.25) is 0 Å². The summed E-state index contributed by atoms with van der Waals surface area (Å²) in [5.41, 5.74) is 1.61. The maximum absolute atomic E-state index is 10.7. The first-order valence-electron chi connectivity index (χ1n) is 3.37. The van der Waals surface area contributed by atoms with Crippen molar-refractivity contribution < 1.29 is 14.6 Å². The third-order valence-corrected chi connectivity index (χ3v) is 2.24. The number of carbonyl (C=O) groups is 1. The standard InChI is InChI=1S/C7H9NO3S/c1-11-7(10)2-5(9)6-3-8-4-12-6/h3-5,9H,2H2,1H3/t5-/m1/s1. The van der Waals surface area contributed by atoms with Gasteiger partial charge in [-0.15, -0.1) is 11.3 Å². The van der Waals surface area contributed by atoms with E-state index in [2.05, 4.69) is 9.72 Å². The van der Waals surface area contributed by atoms with Crippen molar-refractivity contribution in [2.24, 2.45) is 0 Å².